The van der Waals surface area contributed by atoms with Gasteiger partial charge in [-0.3, -0.25) is 0 Å². The molecule has 1 aromatic rings. The van der Waals surface area contributed by atoms with Crippen molar-refractivity contribution < 1.29 is 9.47 Å². The predicted molar refractivity (Wildman–Crippen MR) is 64.3 cm³/mol. The minimum atomic E-state index is 0.383. The van der Waals surface area contributed by atoms with Crippen molar-refractivity contribution in [3.63, 3.8) is 0 Å². The first-order chi connectivity index (χ1) is 7.81. The third kappa shape index (κ3) is 1.76. The zero-order valence-electron chi connectivity index (χ0n) is 10.2. The molecule has 1 aliphatic rings. The number of fused-ring (bicyclic) bond motifs is 1. The van der Waals surface area contributed by atoms with Crippen LogP contribution in [-0.4, -0.2) is 21.3 Å². The number of ether oxygens (including phenoxy) is 2. The van der Waals surface area contributed by atoms with Gasteiger partial charge in [0.2, 0.25) is 0 Å². The summed E-state index contributed by atoms with van der Waals surface area (Å²) in [6.45, 7) is 0. The van der Waals surface area contributed by atoms with Crippen molar-refractivity contribution in [3.05, 3.63) is 23.3 Å². The zero-order chi connectivity index (χ0) is 11.5. The first kappa shape index (κ1) is 11.3. The molecule has 1 aromatic carbocycles. The summed E-state index contributed by atoms with van der Waals surface area (Å²) < 4.78 is 10.9. The molecule has 1 aliphatic carbocycles. The molecular formula is C13H19NO2. The highest BCUT2D eigenvalue weighted by molar-refractivity contribution is 5.51. The van der Waals surface area contributed by atoms with Crippen LogP contribution in [0.3, 0.4) is 0 Å². The molecule has 0 fully saturated rings. The summed E-state index contributed by atoms with van der Waals surface area (Å²) in [4.78, 5) is 0. The van der Waals surface area contributed by atoms with E-state index in [2.05, 4.69) is 5.32 Å². The van der Waals surface area contributed by atoms with Crippen molar-refractivity contribution in [3.8, 4) is 11.5 Å². The lowest BCUT2D eigenvalue weighted by molar-refractivity contribution is 0.374. The van der Waals surface area contributed by atoms with Gasteiger partial charge in [0.1, 0.15) is 11.5 Å². The number of hydrogen-bond acceptors (Lipinski definition) is 3. The highest BCUT2D eigenvalue weighted by Gasteiger charge is 2.25. The van der Waals surface area contributed by atoms with E-state index in [-0.39, 0.29) is 0 Å². The van der Waals surface area contributed by atoms with E-state index in [9.17, 15) is 0 Å². The van der Waals surface area contributed by atoms with Gasteiger partial charge < -0.3 is 14.8 Å². The van der Waals surface area contributed by atoms with Gasteiger partial charge in [-0.05, 0) is 38.4 Å². The van der Waals surface area contributed by atoms with E-state index in [4.69, 9.17) is 9.47 Å². The fourth-order valence-electron chi connectivity index (χ4n) is 2.55. The van der Waals surface area contributed by atoms with Gasteiger partial charge in [-0.2, -0.15) is 0 Å². The molecule has 1 unspecified atom stereocenters. The van der Waals surface area contributed by atoms with Crippen LogP contribution in [0.5, 0.6) is 11.5 Å². The van der Waals surface area contributed by atoms with Crippen molar-refractivity contribution in [1.82, 2.24) is 5.32 Å². The SMILES string of the molecule is CNC1CCCc2c(OC)ccc(OC)c21. The molecule has 0 radical (unpaired) electrons. The predicted octanol–water partition coefficient (Wildman–Crippen LogP) is 2.30. The van der Waals surface area contributed by atoms with Crippen LogP contribution in [-0.2, 0) is 6.42 Å². The Morgan fingerprint density at radius 1 is 1.19 bits per heavy atom. The van der Waals surface area contributed by atoms with E-state index in [1.165, 1.54) is 17.5 Å². The van der Waals surface area contributed by atoms with Crippen LogP contribution < -0.4 is 14.8 Å². The molecule has 0 saturated carbocycles. The Morgan fingerprint density at radius 3 is 2.50 bits per heavy atom. The Morgan fingerprint density at radius 2 is 1.88 bits per heavy atom. The Balaban J connectivity index is 2.54. The summed E-state index contributed by atoms with van der Waals surface area (Å²) in [6.07, 6.45) is 3.43. The Kier molecular flexibility index (Phi) is 3.34. The second kappa shape index (κ2) is 4.74. The summed E-state index contributed by atoms with van der Waals surface area (Å²) in [5.74, 6) is 1.95. The lowest BCUT2D eigenvalue weighted by Gasteiger charge is -2.28. The average molecular weight is 221 g/mol. The van der Waals surface area contributed by atoms with Gasteiger partial charge in [0.15, 0.2) is 0 Å². The molecule has 0 spiro atoms. The average Bonchev–Trinajstić information content (AvgIpc) is 2.36. The smallest absolute Gasteiger partial charge is 0.124 e. The van der Waals surface area contributed by atoms with E-state index >= 15 is 0 Å². The van der Waals surface area contributed by atoms with Crippen LogP contribution in [0.25, 0.3) is 0 Å². The third-order valence-corrected chi connectivity index (χ3v) is 3.33. The largest absolute Gasteiger partial charge is 0.496 e. The van der Waals surface area contributed by atoms with Crippen molar-refractivity contribution in [2.75, 3.05) is 21.3 Å². The zero-order valence-corrected chi connectivity index (χ0v) is 10.2. The molecule has 3 heteroatoms. The first-order valence-corrected chi connectivity index (χ1v) is 5.72. The van der Waals surface area contributed by atoms with E-state index in [0.717, 1.165) is 24.3 Å². The number of hydrogen-bond donors (Lipinski definition) is 1. The highest BCUT2D eigenvalue weighted by Crippen LogP contribution is 2.40. The standard InChI is InChI=1S/C13H19NO2/c1-14-10-6-4-5-9-11(15-2)7-8-12(16-3)13(9)10/h7-8,10,14H,4-6H2,1-3H3. The molecule has 0 amide bonds. The molecular weight excluding hydrogens is 202 g/mol. The van der Waals surface area contributed by atoms with Gasteiger partial charge in [-0.1, -0.05) is 0 Å². The second-order valence-electron chi connectivity index (χ2n) is 4.10. The van der Waals surface area contributed by atoms with Gasteiger partial charge in [0, 0.05) is 17.2 Å². The summed E-state index contributed by atoms with van der Waals surface area (Å²) in [7, 11) is 5.45. The van der Waals surface area contributed by atoms with Crippen LogP contribution in [0.1, 0.15) is 30.0 Å². The van der Waals surface area contributed by atoms with E-state index in [0.29, 0.717) is 6.04 Å². The number of nitrogens with one attached hydrogen (secondary N) is 1. The maximum Gasteiger partial charge on any atom is 0.124 e. The minimum Gasteiger partial charge on any atom is -0.496 e. The van der Waals surface area contributed by atoms with Gasteiger partial charge in [0.05, 0.1) is 14.2 Å². The third-order valence-electron chi connectivity index (χ3n) is 3.33. The van der Waals surface area contributed by atoms with Crippen LogP contribution >= 0.6 is 0 Å². The quantitative estimate of drug-likeness (QED) is 0.849. The Labute approximate surface area is 96.8 Å². The molecule has 0 heterocycles. The van der Waals surface area contributed by atoms with Crippen LogP contribution in [0.4, 0.5) is 0 Å². The van der Waals surface area contributed by atoms with E-state index in [1.807, 2.05) is 19.2 Å². The molecule has 0 bridgehead atoms. The maximum atomic E-state index is 5.45. The summed E-state index contributed by atoms with van der Waals surface area (Å²) >= 11 is 0. The van der Waals surface area contributed by atoms with Gasteiger partial charge in [-0.25, -0.2) is 0 Å². The Hall–Kier alpha value is -1.22. The van der Waals surface area contributed by atoms with Gasteiger partial charge in [0.25, 0.3) is 0 Å². The molecule has 2 rings (SSSR count). The molecule has 3 nitrogen and oxygen atoms in total. The maximum absolute atomic E-state index is 5.45. The second-order valence-corrected chi connectivity index (χ2v) is 4.10. The fourth-order valence-corrected chi connectivity index (χ4v) is 2.55. The molecule has 0 aliphatic heterocycles. The number of methoxy groups -OCH3 is 2. The van der Waals surface area contributed by atoms with Crippen LogP contribution in [0, 0.1) is 0 Å². The fraction of sp³-hybridized carbons (Fsp3) is 0.538. The Bertz CT molecular complexity index is 376. The van der Waals surface area contributed by atoms with E-state index < -0.39 is 0 Å². The van der Waals surface area contributed by atoms with Gasteiger partial charge in [-0.15, -0.1) is 0 Å². The molecule has 1 atom stereocenters. The lowest BCUT2D eigenvalue weighted by atomic mass is 9.86. The summed E-state index contributed by atoms with van der Waals surface area (Å²) in [6, 6.07) is 4.37. The lowest BCUT2D eigenvalue weighted by Crippen LogP contribution is -2.22. The first-order valence-electron chi connectivity index (χ1n) is 5.72. The molecule has 0 aromatic heterocycles. The molecule has 88 valence electrons. The highest BCUT2D eigenvalue weighted by atomic mass is 16.5. The monoisotopic (exact) mass is 221 g/mol. The van der Waals surface area contributed by atoms with Crippen LogP contribution in [0.15, 0.2) is 12.1 Å². The van der Waals surface area contributed by atoms with Crippen molar-refractivity contribution in [1.29, 1.82) is 0 Å². The topological polar surface area (TPSA) is 30.5 Å². The van der Waals surface area contributed by atoms with Crippen LogP contribution in [0.2, 0.25) is 0 Å². The molecule has 16 heavy (non-hydrogen) atoms. The normalized spacial score (nSPS) is 19.1. The summed E-state index contributed by atoms with van der Waals surface area (Å²) in [5.41, 5.74) is 2.57. The number of rotatable bonds is 3. The van der Waals surface area contributed by atoms with Gasteiger partial charge >= 0.3 is 0 Å². The van der Waals surface area contributed by atoms with Crippen molar-refractivity contribution in [2.24, 2.45) is 0 Å². The molecule has 1 N–H and O–H groups in total. The summed E-state index contributed by atoms with van der Waals surface area (Å²) in [5, 5.41) is 3.35. The van der Waals surface area contributed by atoms with E-state index in [1.54, 1.807) is 14.2 Å². The number of benzene rings is 1. The minimum absolute atomic E-state index is 0.383. The molecule has 0 saturated heterocycles. The van der Waals surface area contributed by atoms with Crippen molar-refractivity contribution in [2.45, 2.75) is 25.3 Å². The van der Waals surface area contributed by atoms with Crippen molar-refractivity contribution >= 4 is 0 Å².